The first-order valence-corrected chi connectivity index (χ1v) is 7.08. The highest BCUT2D eigenvalue weighted by molar-refractivity contribution is 6.17. The third kappa shape index (κ3) is 3.45. The van der Waals surface area contributed by atoms with Gasteiger partial charge >= 0.3 is 5.97 Å². The van der Waals surface area contributed by atoms with Gasteiger partial charge in [0.15, 0.2) is 5.82 Å². The van der Waals surface area contributed by atoms with Crippen molar-refractivity contribution in [3.63, 3.8) is 0 Å². The Labute approximate surface area is 123 Å². The molecule has 2 rings (SSSR count). The lowest BCUT2D eigenvalue weighted by atomic mass is 10.2. The summed E-state index contributed by atoms with van der Waals surface area (Å²) in [6.07, 6.45) is 1.28. The number of rotatable bonds is 4. The van der Waals surface area contributed by atoms with E-state index in [9.17, 15) is 4.79 Å². The van der Waals surface area contributed by atoms with Crippen LogP contribution in [-0.2, 0) is 15.4 Å². The van der Waals surface area contributed by atoms with Gasteiger partial charge in [-0.05, 0) is 14.0 Å². The van der Waals surface area contributed by atoms with Gasteiger partial charge < -0.3 is 14.4 Å². The zero-order valence-corrected chi connectivity index (χ0v) is 12.4. The first-order chi connectivity index (χ1) is 9.65. The van der Waals surface area contributed by atoms with Crippen LogP contribution in [0.15, 0.2) is 6.20 Å². The van der Waals surface area contributed by atoms with Crippen molar-refractivity contribution in [3.8, 4) is 0 Å². The fourth-order valence-corrected chi connectivity index (χ4v) is 2.21. The summed E-state index contributed by atoms with van der Waals surface area (Å²) in [5.41, 5.74) is 0.793. The number of hydrogen-bond acceptors (Lipinski definition) is 6. The molecule has 0 saturated carbocycles. The molecular weight excluding hydrogens is 282 g/mol. The predicted molar refractivity (Wildman–Crippen MR) is 73.7 cm³/mol. The second-order valence-electron chi connectivity index (χ2n) is 4.56. The number of esters is 1. The number of carbonyl (C=O) groups excluding carboxylic acids is 1. The van der Waals surface area contributed by atoms with Gasteiger partial charge in [-0.3, -0.25) is 0 Å². The minimum atomic E-state index is -0.448. The molecule has 0 N–H and O–H groups in total. The maximum absolute atomic E-state index is 11.8. The Morgan fingerprint density at radius 2 is 2.45 bits per heavy atom. The molecule has 0 spiro atoms. The minimum absolute atomic E-state index is 0.131. The molecule has 1 fully saturated rings. The number of halogens is 1. The highest BCUT2D eigenvalue weighted by Crippen LogP contribution is 2.20. The largest absolute Gasteiger partial charge is 0.462 e. The number of morpholine rings is 1. The SMILES string of the molecule is CCOC(=O)c1cnc(C2CN(C)CCO2)nc1CCl. The molecule has 0 aliphatic carbocycles. The molecule has 0 bridgehead atoms. The molecule has 1 aromatic heterocycles. The van der Waals surface area contributed by atoms with Crippen LogP contribution in [0.1, 0.15) is 34.9 Å². The number of alkyl halides is 1. The highest BCUT2D eigenvalue weighted by Gasteiger charge is 2.24. The number of aromatic nitrogens is 2. The predicted octanol–water partition coefficient (Wildman–Crippen LogP) is 1.40. The zero-order valence-electron chi connectivity index (χ0n) is 11.6. The van der Waals surface area contributed by atoms with Crippen LogP contribution < -0.4 is 0 Å². The molecule has 6 nitrogen and oxygen atoms in total. The maximum Gasteiger partial charge on any atom is 0.341 e. The Balaban J connectivity index is 2.22. The van der Waals surface area contributed by atoms with Crippen LogP contribution in [-0.4, -0.2) is 54.2 Å². The van der Waals surface area contributed by atoms with Gasteiger partial charge in [0, 0.05) is 19.3 Å². The normalized spacial score (nSPS) is 19.9. The van der Waals surface area contributed by atoms with Crippen LogP contribution in [0, 0.1) is 0 Å². The van der Waals surface area contributed by atoms with Crippen molar-refractivity contribution in [1.82, 2.24) is 14.9 Å². The second kappa shape index (κ2) is 6.97. The zero-order chi connectivity index (χ0) is 14.5. The molecule has 20 heavy (non-hydrogen) atoms. The van der Waals surface area contributed by atoms with E-state index in [2.05, 4.69) is 14.9 Å². The summed E-state index contributed by atoms with van der Waals surface area (Å²) in [6, 6.07) is 0. The summed E-state index contributed by atoms with van der Waals surface area (Å²) in [5, 5.41) is 0. The Kier molecular flexibility index (Phi) is 5.28. The maximum atomic E-state index is 11.8. The molecule has 1 aromatic rings. The Hall–Kier alpha value is -1.24. The molecular formula is C13H18ClN3O3. The van der Waals surface area contributed by atoms with E-state index in [1.54, 1.807) is 6.92 Å². The fraction of sp³-hybridized carbons (Fsp3) is 0.615. The molecule has 2 heterocycles. The lowest BCUT2D eigenvalue weighted by Crippen LogP contribution is -2.36. The molecule has 0 aromatic carbocycles. The lowest BCUT2D eigenvalue weighted by molar-refractivity contribution is -0.0256. The van der Waals surface area contributed by atoms with Crippen molar-refractivity contribution in [1.29, 1.82) is 0 Å². The third-order valence-electron chi connectivity index (χ3n) is 3.07. The number of carbonyl (C=O) groups is 1. The van der Waals surface area contributed by atoms with Crippen molar-refractivity contribution in [2.24, 2.45) is 0 Å². The van der Waals surface area contributed by atoms with Crippen molar-refractivity contribution >= 4 is 17.6 Å². The van der Waals surface area contributed by atoms with Gasteiger partial charge in [0.2, 0.25) is 0 Å². The standard InChI is InChI=1S/C13H18ClN3O3/c1-3-19-13(18)9-7-15-12(16-10(9)6-14)11-8-17(2)4-5-20-11/h7,11H,3-6,8H2,1-2H3. The Morgan fingerprint density at radius 3 is 3.10 bits per heavy atom. The van der Waals surface area contributed by atoms with Gasteiger partial charge in [-0.25, -0.2) is 14.8 Å². The Bertz CT molecular complexity index is 484. The second-order valence-corrected chi connectivity index (χ2v) is 4.83. The molecule has 1 aliphatic heterocycles. The molecule has 0 amide bonds. The first-order valence-electron chi connectivity index (χ1n) is 6.54. The smallest absolute Gasteiger partial charge is 0.341 e. The highest BCUT2D eigenvalue weighted by atomic mass is 35.5. The van der Waals surface area contributed by atoms with Crippen LogP contribution in [0.4, 0.5) is 0 Å². The number of ether oxygens (including phenoxy) is 2. The van der Waals surface area contributed by atoms with Crippen molar-refractivity contribution in [2.45, 2.75) is 18.9 Å². The van der Waals surface area contributed by atoms with Crippen molar-refractivity contribution in [3.05, 3.63) is 23.3 Å². The summed E-state index contributed by atoms with van der Waals surface area (Å²) in [6.45, 7) is 4.30. The Morgan fingerprint density at radius 1 is 1.65 bits per heavy atom. The van der Waals surface area contributed by atoms with Crippen molar-refractivity contribution in [2.75, 3.05) is 33.4 Å². The topological polar surface area (TPSA) is 64.5 Å². The van der Waals surface area contributed by atoms with E-state index >= 15 is 0 Å². The van der Waals surface area contributed by atoms with Gasteiger partial charge in [-0.1, -0.05) is 0 Å². The summed E-state index contributed by atoms with van der Waals surface area (Å²) in [5.74, 6) is 0.239. The molecule has 7 heteroatoms. The van der Waals surface area contributed by atoms with Gasteiger partial charge in [0.05, 0.1) is 24.8 Å². The van der Waals surface area contributed by atoms with Crippen LogP contribution in [0.5, 0.6) is 0 Å². The molecule has 1 unspecified atom stereocenters. The van der Waals surface area contributed by atoms with E-state index in [4.69, 9.17) is 21.1 Å². The quantitative estimate of drug-likeness (QED) is 0.618. The van der Waals surface area contributed by atoms with Gasteiger partial charge in [0.25, 0.3) is 0 Å². The third-order valence-corrected chi connectivity index (χ3v) is 3.32. The van der Waals surface area contributed by atoms with E-state index in [0.717, 1.165) is 13.1 Å². The van der Waals surface area contributed by atoms with Gasteiger partial charge in [-0.2, -0.15) is 0 Å². The van der Waals surface area contributed by atoms with Gasteiger partial charge in [-0.15, -0.1) is 11.6 Å². The summed E-state index contributed by atoms with van der Waals surface area (Å²) in [4.78, 5) is 22.5. The van der Waals surface area contributed by atoms with Crippen LogP contribution in [0.25, 0.3) is 0 Å². The number of nitrogens with zero attached hydrogens (tertiary/aromatic N) is 3. The van der Waals surface area contributed by atoms with E-state index < -0.39 is 5.97 Å². The first kappa shape index (κ1) is 15.2. The molecule has 1 saturated heterocycles. The van der Waals surface area contributed by atoms with E-state index in [-0.39, 0.29) is 12.0 Å². The van der Waals surface area contributed by atoms with Crippen LogP contribution in [0.2, 0.25) is 0 Å². The molecule has 110 valence electrons. The van der Waals surface area contributed by atoms with Gasteiger partial charge in [0.1, 0.15) is 11.7 Å². The minimum Gasteiger partial charge on any atom is -0.462 e. The molecule has 1 atom stereocenters. The molecule has 0 radical (unpaired) electrons. The fourth-order valence-electron chi connectivity index (χ4n) is 2.00. The van der Waals surface area contributed by atoms with E-state index in [0.29, 0.717) is 30.3 Å². The lowest BCUT2D eigenvalue weighted by Gasteiger charge is -2.29. The van der Waals surface area contributed by atoms with E-state index in [1.807, 2.05) is 7.05 Å². The summed E-state index contributed by atoms with van der Waals surface area (Å²) >= 11 is 5.87. The number of likely N-dealkylation sites (N-methyl/N-ethyl adjacent to an activating group) is 1. The number of hydrogen-bond donors (Lipinski definition) is 0. The van der Waals surface area contributed by atoms with Crippen LogP contribution >= 0.6 is 11.6 Å². The summed E-state index contributed by atoms with van der Waals surface area (Å²) in [7, 11) is 2.02. The summed E-state index contributed by atoms with van der Waals surface area (Å²) < 4.78 is 10.6. The van der Waals surface area contributed by atoms with Crippen LogP contribution in [0.3, 0.4) is 0 Å². The monoisotopic (exact) mass is 299 g/mol. The molecule has 1 aliphatic rings. The average Bonchev–Trinajstić information content (AvgIpc) is 2.46. The average molecular weight is 300 g/mol. The van der Waals surface area contributed by atoms with Crippen molar-refractivity contribution < 1.29 is 14.3 Å². The van der Waals surface area contributed by atoms with E-state index in [1.165, 1.54) is 6.20 Å².